The number of hydrogen-bond donors (Lipinski definition) is 2. The molecule has 0 unspecified atom stereocenters. The third-order valence-electron chi connectivity index (χ3n) is 3.06. The smallest absolute Gasteiger partial charge is 0.223 e. The van der Waals surface area contributed by atoms with E-state index < -0.39 is 0 Å². The molecule has 6 nitrogen and oxygen atoms in total. The lowest BCUT2D eigenvalue weighted by molar-refractivity contribution is -0.122. The number of hydroxylamine groups is 2. The molecule has 0 radical (unpaired) electrons. The monoisotopic (exact) mass is 344 g/mol. The summed E-state index contributed by atoms with van der Waals surface area (Å²) in [5.41, 5.74) is 0.509. The number of para-hydroxylation sites is 1. The normalized spacial score (nSPS) is 16.0. The molecule has 1 aromatic rings. The summed E-state index contributed by atoms with van der Waals surface area (Å²) in [5.74, 6) is 0.565. The van der Waals surface area contributed by atoms with Gasteiger partial charge in [-0.3, -0.25) is 9.63 Å². The van der Waals surface area contributed by atoms with E-state index >= 15 is 0 Å². The first-order chi connectivity index (χ1) is 10.6. The number of carbonyl (C=O) groups is 1. The van der Waals surface area contributed by atoms with Crippen molar-refractivity contribution in [2.75, 3.05) is 26.7 Å². The Bertz CT molecular complexity index is 546. The lowest BCUT2D eigenvalue weighted by Crippen LogP contribution is -2.30. The van der Waals surface area contributed by atoms with E-state index in [-0.39, 0.29) is 5.91 Å². The first-order valence-corrected chi connectivity index (χ1v) is 7.75. The molecular weight excluding hydrogens is 327 g/mol. The molecular formula is C14H18Cl2N4O2. The van der Waals surface area contributed by atoms with Gasteiger partial charge in [-0.05, 0) is 18.6 Å². The number of aliphatic imine (C=N–C) groups is 1. The van der Waals surface area contributed by atoms with Gasteiger partial charge < -0.3 is 10.6 Å². The molecule has 2 N–H and O–H groups in total. The van der Waals surface area contributed by atoms with Gasteiger partial charge in [-0.25, -0.2) is 10.1 Å². The Morgan fingerprint density at radius 1 is 1.45 bits per heavy atom. The van der Waals surface area contributed by atoms with Crippen LogP contribution in [0, 0.1) is 0 Å². The molecule has 1 aromatic carbocycles. The van der Waals surface area contributed by atoms with Crippen molar-refractivity contribution in [1.82, 2.24) is 15.7 Å². The van der Waals surface area contributed by atoms with Crippen molar-refractivity contribution >= 4 is 40.8 Å². The molecule has 8 heteroatoms. The molecule has 1 amide bonds. The number of halogens is 2. The molecule has 0 atom stereocenters. The standard InChI is InChI=1S/C14H18Cl2N4O2/c1-17-12(21)6-3-9-22-20-8-7-18-14(20)19-13-10(15)4-2-5-11(13)16/h2,4-5H,3,6-9H2,1H3,(H,17,21)(H,18,19). The van der Waals surface area contributed by atoms with Gasteiger partial charge in [0.1, 0.15) is 5.69 Å². The average Bonchev–Trinajstić information content (AvgIpc) is 2.94. The molecule has 1 saturated heterocycles. The minimum absolute atomic E-state index is 0.000105. The zero-order valence-electron chi connectivity index (χ0n) is 12.2. The molecule has 22 heavy (non-hydrogen) atoms. The van der Waals surface area contributed by atoms with Gasteiger partial charge in [-0.2, -0.15) is 0 Å². The SMILES string of the molecule is CNC(=O)CCCON1CCN/C1=N\c1c(Cl)cccc1Cl. The van der Waals surface area contributed by atoms with E-state index in [0.717, 1.165) is 6.54 Å². The molecule has 0 aromatic heterocycles. The maximum Gasteiger partial charge on any atom is 0.223 e. The van der Waals surface area contributed by atoms with Gasteiger partial charge in [-0.1, -0.05) is 29.3 Å². The van der Waals surface area contributed by atoms with Crippen molar-refractivity contribution in [3.05, 3.63) is 28.2 Å². The summed E-state index contributed by atoms with van der Waals surface area (Å²) < 4.78 is 0. The summed E-state index contributed by atoms with van der Waals surface area (Å²) in [5, 5.41) is 8.31. The highest BCUT2D eigenvalue weighted by Crippen LogP contribution is 2.33. The van der Waals surface area contributed by atoms with Crippen molar-refractivity contribution in [3.8, 4) is 0 Å². The summed E-state index contributed by atoms with van der Waals surface area (Å²) in [6, 6.07) is 5.23. The van der Waals surface area contributed by atoms with Crippen molar-refractivity contribution < 1.29 is 9.63 Å². The number of benzene rings is 1. The maximum absolute atomic E-state index is 11.1. The van der Waals surface area contributed by atoms with E-state index in [1.54, 1.807) is 30.3 Å². The van der Waals surface area contributed by atoms with Crippen LogP contribution in [-0.4, -0.2) is 43.7 Å². The fraction of sp³-hybridized carbons (Fsp3) is 0.429. The Kier molecular flexibility index (Phi) is 6.30. The van der Waals surface area contributed by atoms with Crippen LogP contribution in [0.5, 0.6) is 0 Å². The van der Waals surface area contributed by atoms with Crippen LogP contribution in [-0.2, 0) is 9.63 Å². The van der Waals surface area contributed by atoms with Crippen molar-refractivity contribution in [2.24, 2.45) is 4.99 Å². The zero-order valence-corrected chi connectivity index (χ0v) is 13.7. The lowest BCUT2D eigenvalue weighted by Gasteiger charge is -2.17. The van der Waals surface area contributed by atoms with Gasteiger partial charge in [0.2, 0.25) is 11.9 Å². The number of amides is 1. The second kappa shape index (κ2) is 8.22. The van der Waals surface area contributed by atoms with Crippen LogP contribution >= 0.6 is 23.2 Å². The predicted octanol–water partition coefficient (Wildman–Crippen LogP) is 2.34. The number of nitrogens with zero attached hydrogens (tertiary/aromatic N) is 2. The van der Waals surface area contributed by atoms with Crippen LogP contribution in [0.4, 0.5) is 5.69 Å². The zero-order chi connectivity index (χ0) is 15.9. The third kappa shape index (κ3) is 4.50. The van der Waals surface area contributed by atoms with Crippen LogP contribution < -0.4 is 10.6 Å². The Labute approximate surface area is 139 Å². The van der Waals surface area contributed by atoms with Gasteiger partial charge in [0.25, 0.3) is 0 Å². The molecule has 2 rings (SSSR count). The van der Waals surface area contributed by atoms with E-state index in [1.807, 2.05) is 0 Å². The molecule has 1 aliphatic rings. The van der Waals surface area contributed by atoms with E-state index in [0.29, 0.717) is 47.7 Å². The summed E-state index contributed by atoms with van der Waals surface area (Å²) in [4.78, 5) is 21.2. The Morgan fingerprint density at radius 3 is 2.86 bits per heavy atom. The van der Waals surface area contributed by atoms with Crippen molar-refractivity contribution in [1.29, 1.82) is 0 Å². The number of nitrogens with one attached hydrogen (secondary N) is 2. The fourth-order valence-corrected chi connectivity index (χ4v) is 2.40. The molecule has 120 valence electrons. The summed E-state index contributed by atoms with van der Waals surface area (Å²) in [6.07, 6.45) is 1.07. The van der Waals surface area contributed by atoms with Crippen molar-refractivity contribution in [2.45, 2.75) is 12.8 Å². The highest BCUT2D eigenvalue weighted by molar-refractivity contribution is 6.38. The minimum Gasteiger partial charge on any atom is -0.359 e. The van der Waals surface area contributed by atoms with Crippen LogP contribution in [0.25, 0.3) is 0 Å². The predicted molar refractivity (Wildman–Crippen MR) is 87.5 cm³/mol. The Balaban J connectivity index is 1.95. The lowest BCUT2D eigenvalue weighted by atomic mass is 10.3. The summed E-state index contributed by atoms with van der Waals surface area (Å²) in [7, 11) is 1.62. The number of guanidine groups is 1. The Hall–Kier alpha value is -1.50. The molecule has 0 spiro atoms. The summed E-state index contributed by atoms with van der Waals surface area (Å²) >= 11 is 12.2. The molecule has 0 bridgehead atoms. The van der Waals surface area contributed by atoms with Gasteiger partial charge in [0.05, 0.1) is 23.2 Å². The largest absolute Gasteiger partial charge is 0.359 e. The van der Waals surface area contributed by atoms with Gasteiger partial charge in [-0.15, -0.1) is 0 Å². The second-order valence-electron chi connectivity index (χ2n) is 4.64. The van der Waals surface area contributed by atoms with E-state index in [1.165, 1.54) is 0 Å². The van der Waals surface area contributed by atoms with Gasteiger partial charge in [0, 0.05) is 20.0 Å². The summed E-state index contributed by atoms with van der Waals surface area (Å²) in [6.45, 7) is 1.82. The van der Waals surface area contributed by atoms with Crippen LogP contribution in [0.15, 0.2) is 23.2 Å². The van der Waals surface area contributed by atoms with Gasteiger partial charge >= 0.3 is 0 Å². The van der Waals surface area contributed by atoms with Gasteiger partial charge in [0.15, 0.2) is 0 Å². The first kappa shape index (κ1) is 16.9. The fourth-order valence-electron chi connectivity index (χ4n) is 1.92. The van der Waals surface area contributed by atoms with E-state index in [2.05, 4.69) is 15.6 Å². The average molecular weight is 345 g/mol. The second-order valence-corrected chi connectivity index (χ2v) is 5.46. The highest BCUT2D eigenvalue weighted by Gasteiger charge is 2.20. The van der Waals surface area contributed by atoms with Crippen molar-refractivity contribution in [3.63, 3.8) is 0 Å². The van der Waals surface area contributed by atoms with E-state index in [4.69, 9.17) is 28.0 Å². The molecule has 1 aliphatic heterocycles. The van der Waals surface area contributed by atoms with E-state index in [9.17, 15) is 4.79 Å². The topological polar surface area (TPSA) is 66.0 Å². The third-order valence-corrected chi connectivity index (χ3v) is 3.67. The molecule has 0 aliphatic carbocycles. The molecule has 1 fully saturated rings. The quantitative estimate of drug-likeness (QED) is 0.777. The minimum atomic E-state index is -0.000105. The van der Waals surface area contributed by atoms with Crippen LogP contribution in [0.2, 0.25) is 10.0 Å². The number of rotatable bonds is 6. The van der Waals surface area contributed by atoms with Crippen LogP contribution in [0.3, 0.4) is 0 Å². The molecule has 1 heterocycles. The number of hydrogen-bond acceptors (Lipinski definition) is 3. The van der Waals surface area contributed by atoms with Crippen LogP contribution in [0.1, 0.15) is 12.8 Å². The Morgan fingerprint density at radius 2 is 2.18 bits per heavy atom. The number of carbonyl (C=O) groups excluding carboxylic acids is 1. The highest BCUT2D eigenvalue weighted by atomic mass is 35.5. The maximum atomic E-state index is 11.1. The first-order valence-electron chi connectivity index (χ1n) is 6.99. The molecule has 0 saturated carbocycles.